The maximum atomic E-state index is 12.6. The summed E-state index contributed by atoms with van der Waals surface area (Å²) in [4.78, 5) is 38.3. The number of aromatic nitrogens is 2. The number of nitrogens with zero attached hydrogens (tertiary/aromatic N) is 2. The zero-order valence-corrected chi connectivity index (χ0v) is 12.8. The summed E-state index contributed by atoms with van der Waals surface area (Å²) in [6.07, 6.45) is -1.60. The molecule has 0 aliphatic heterocycles. The van der Waals surface area contributed by atoms with Crippen LogP contribution in [0.4, 0.5) is 13.2 Å². The number of amides is 1. The van der Waals surface area contributed by atoms with Crippen LogP contribution in [-0.4, -0.2) is 39.1 Å². The van der Waals surface area contributed by atoms with Gasteiger partial charge in [-0.3, -0.25) is 19.1 Å². The summed E-state index contributed by atoms with van der Waals surface area (Å²) in [5, 5.41) is 0. The van der Waals surface area contributed by atoms with Gasteiger partial charge in [-0.1, -0.05) is 0 Å². The number of carbonyl (C=O) groups excluding carboxylic acids is 1. The Labute approximate surface area is 129 Å². The summed E-state index contributed by atoms with van der Waals surface area (Å²) in [6, 6.07) is -0.662. The molecule has 0 atom stereocenters. The SMILES string of the molecule is CC(C)N(CC(F)(F)F)C(=O)Cn1cc(C2CC2)c(=O)[nH]c1=O. The highest BCUT2D eigenvalue weighted by Gasteiger charge is 2.34. The molecule has 0 unspecified atom stereocenters. The third-order valence-corrected chi connectivity index (χ3v) is 3.65. The minimum atomic E-state index is -4.52. The lowest BCUT2D eigenvalue weighted by Crippen LogP contribution is -2.46. The van der Waals surface area contributed by atoms with Crippen molar-refractivity contribution in [1.29, 1.82) is 0 Å². The van der Waals surface area contributed by atoms with Crippen molar-refractivity contribution in [3.8, 4) is 0 Å². The summed E-state index contributed by atoms with van der Waals surface area (Å²) in [5.41, 5.74) is -0.912. The summed E-state index contributed by atoms with van der Waals surface area (Å²) in [6.45, 7) is 1.02. The van der Waals surface area contributed by atoms with E-state index in [0.29, 0.717) is 10.5 Å². The van der Waals surface area contributed by atoms with Crippen molar-refractivity contribution >= 4 is 5.91 Å². The number of hydrogen-bond acceptors (Lipinski definition) is 3. The van der Waals surface area contributed by atoms with Crippen molar-refractivity contribution in [3.63, 3.8) is 0 Å². The largest absolute Gasteiger partial charge is 0.406 e. The van der Waals surface area contributed by atoms with E-state index >= 15 is 0 Å². The van der Waals surface area contributed by atoms with Gasteiger partial charge in [0.15, 0.2) is 0 Å². The molecule has 128 valence electrons. The number of alkyl halides is 3. The number of hydrogen-bond donors (Lipinski definition) is 1. The summed E-state index contributed by atoms with van der Waals surface area (Å²) >= 11 is 0. The molecule has 0 radical (unpaired) electrons. The zero-order valence-electron chi connectivity index (χ0n) is 12.8. The average molecular weight is 333 g/mol. The van der Waals surface area contributed by atoms with Crippen molar-refractivity contribution in [3.05, 3.63) is 32.6 Å². The summed E-state index contributed by atoms with van der Waals surface area (Å²) < 4.78 is 38.7. The van der Waals surface area contributed by atoms with Crippen molar-refractivity contribution < 1.29 is 18.0 Å². The Morgan fingerprint density at radius 3 is 2.48 bits per heavy atom. The van der Waals surface area contributed by atoms with E-state index in [1.807, 2.05) is 0 Å². The molecule has 0 spiro atoms. The van der Waals surface area contributed by atoms with Gasteiger partial charge in [-0.25, -0.2) is 4.79 Å². The third-order valence-electron chi connectivity index (χ3n) is 3.65. The van der Waals surface area contributed by atoms with Gasteiger partial charge in [0.25, 0.3) is 5.56 Å². The second-order valence-electron chi connectivity index (χ2n) is 5.98. The normalized spacial score (nSPS) is 15.0. The second-order valence-corrected chi connectivity index (χ2v) is 5.98. The molecule has 1 aliphatic rings. The minimum Gasteiger partial charge on any atom is -0.330 e. The fourth-order valence-electron chi connectivity index (χ4n) is 2.32. The Morgan fingerprint density at radius 2 is 2.00 bits per heavy atom. The molecule has 23 heavy (non-hydrogen) atoms. The Hall–Kier alpha value is -2.06. The van der Waals surface area contributed by atoms with Crippen molar-refractivity contribution in [1.82, 2.24) is 14.5 Å². The molecule has 1 amide bonds. The highest BCUT2D eigenvalue weighted by atomic mass is 19.4. The standard InChI is InChI=1S/C14H18F3N3O3/c1-8(2)20(7-14(15,16)17)11(21)6-19-5-10(9-3-4-9)12(22)18-13(19)23/h5,8-9H,3-4,6-7H2,1-2H3,(H,18,22,23). The van der Waals surface area contributed by atoms with Crippen LogP contribution in [0, 0.1) is 0 Å². The van der Waals surface area contributed by atoms with Crippen LogP contribution in [0.1, 0.15) is 38.2 Å². The molecule has 1 aromatic rings. The lowest BCUT2D eigenvalue weighted by atomic mass is 10.2. The lowest BCUT2D eigenvalue weighted by Gasteiger charge is -2.28. The number of nitrogens with one attached hydrogen (secondary N) is 1. The quantitative estimate of drug-likeness (QED) is 0.880. The Balaban J connectivity index is 2.23. The van der Waals surface area contributed by atoms with Gasteiger partial charge in [0, 0.05) is 17.8 Å². The first-order valence-electron chi connectivity index (χ1n) is 7.28. The maximum Gasteiger partial charge on any atom is 0.406 e. The van der Waals surface area contributed by atoms with Gasteiger partial charge in [-0.2, -0.15) is 13.2 Å². The van der Waals surface area contributed by atoms with Crippen LogP contribution in [0.15, 0.2) is 15.8 Å². The van der Waals surface area contributed by atoms with E-state index in [1.165, 1.54) is 20.0 Å². The highest BCUT2D eigenvalue weighted by molar-refractivity contribution is 5.76. The fraction of sp³-hybridized carbons (Fsp3) is 0.643. The second kappa shape index (κ2) is 6.21. The third kappa shape index (κ3) is 4.46. The van der Waals surface area contributed by atoms with E-state index in [2.05, 4.69) is 4.98 Å². The number of aromatic amines is 1. The van der Waals surface area contributed by atoms with Gasteiger partial charge in [0.2, 0.25) is 5.91 Å². The van der Waals surface area contributed by atoms with E-state index in [-0.39, 0.29) is 5.92 Å². The van der Waals surface area contributed by atoms with E-state index < -0.39 is 42.5 Å². The van der Waals surface area contributed by atoms with Gasteiger partial charge in [0.05, 0.1) is 0 Å². The molecule has 1 fully saturated rings. The molecule has 1 heterocycles. The molecule has 1 aliphatic carbocycles. The van der Waals surface area contributed by atoms with E-state index in [4.69, 9.17) is 0 Å². The van der Waals surface area contributed by atoms with Crippen molar-refractivity contribution in [2.45, 2.75) is 51.4 Å². The highest BCUT2D eigenvalue weighted by Crippen LogP contribution is 2.37. The first kappa shape index (κ1) is 17.3. The van der Waals surface area contributed by atoms with Crippen LogP contribution in [-0.2, 0) is 11.3 Å². The fourth-order valence-corrected chi connectivity index (χ4v) is 2.32. The first-order chi connectivity index (χ1) is 10.6. The Bertz CT molecular complexity index is 702. The first-order valence-corrected chi connectivity index (χ1v) is 7.28. The number of carbonyl (C=O) groups is 1. The predicted octanol–water partition coefficient (Wildman–Crippen LogP) is 1.21. The summed E-state index contributed by atoms with van der Waals surface area (Å²) in [5.74, 6) is -0.773. The average Bonchev–Trinajstić information content (AvgIpc) is 3.22. The minimum absolute atomic E-state index is 0.0529. The monoisotopic (exact) mass is 333 g/mol. The number of rotatable bonds is 5. The number of halogens is 3. The number of H-pyrrole nitrogens is 1. The molecule has 6 nitrogen and oxygen atoms in total. The molecule has 0 aromatic carbocycles. The molecule has 1 saturated carbocycles. The van der Waals surface area contributed by atoms with E-state index in [0.717, 1.165) is 17.4 Å². The van der Waals surface area contributed by atoms with Gasteiger partial charge in [-0.05, 0) is 32.6 Å². The summed E-state index contributed by atoms with van der Waals surface area (Å²) in [7, 11) is 0. The van der Waals surface area contributed by atoms with Crippen molar-refractivity contribution in [2.24, 2.45) is 0 Å². The molecule has 0 saturated heterocycles. The van der Waals surface area contributed by atoms with E-state index in [9.17, 15) is 27.6 Å². The molecule has 2 rings (SSSR count). The van der Waals surface area contributed by atoms with Crippen LogP contribution < -0.4 is 11.2 Å². The Kier molecular flexibility index (Phi) is 4.67. The molecular formula is C14H18F3N3O3. The zero-order chi connectivity index (χ0) is 17.4. The molecule has 1 aromatic heterocycles. The van der Waals surface area contributed by atoms with Crippen molar-refractivity contribution in [2.75, 3.05) is 6.54 Å². The smallest absolute Gasteiger partial charge is 0.330 e. The Morgan fingerprint density at radius 1 is 1.39 bits per heavy atom. The van der Waals surface area contributed by atoms with Crippen LogP contribution in [0.25, 0.3) is 0 Å². The van der Waals surface area contributed by atoms with Gasteiger partial charge < -0.3 is 4.90 Å². The van der Waals surface area contributed by atoms with Gasteiger partial charge in [-0.15, -0.1) is 0 Å². The maximum absolute atomic E-state index is 12.6. The predicted molar refractivity (Wildman–Crippen MR) is 76.2 cm³/mol. The van der Waals surface area contributed by atoms with Crippen LogP contribution in [0.2, 0.25) is 0 Å². The van der Waals surface area contributed by atoms with Crippen LogP contribution in [0.3, 0.4) is 0 Å². The van der Waals surface area contributed by atoms with Crippen LogP contribution >= 0.6 is 0 Å². The molecule has 0 bridgehead atoms. The van der Waals surface area contributed by atoms with Gasteiger partial charge in [0.1, 0.15) is 13.1 Å². The molecule has 1 N–H and O–H groups in total. The van der Waals surface area contributed by atoms with E-state index in [1.54, 1.807) is 0 Å². The topological polar surface area (TPSA) is 75.2 Å². The molecular weight excluding hydrogens is 315 g/mol. The molecule has 9 heteroatoms. The lowest BCUT2D eigenvalue weighted by molar-refractivity contribution is -0.165. The van der Waals surface area contributed by atoms with Gasteiger partial charge >= 0.3 is 11.9 Å². The van der Waals surface area contributed by atoms with Crippen LogP contribution in [0.5, 0.6) is 0 Å².